The van der Waals surface area contributed by atoms with E-state index in [0.717, 1.165) is 25.1 Å². The third kappa shape index (κ3) is 2.74. The van der Waals surface area contributed by atoms with Gasteiger partial charge in [-0.1, -0.05) is 0 Å². The fraction of sp³-hybridized carbons (Fsp3) is 0.500. The number of hydrogen-bond donors (Lipinski definition) is 2. The van der Waals surface area contributed by atoms with Crippen LogP contribution in [-0.2, 0) is 0 Å². The van der Waals surface area contributed by atoms with Crippen molar-refractivity contribution in [2.24, 2.45) is 5.73 Å². The molecule has 0 unspecified atom stereocenters. The van der Waals surface area contributed by atoms with Crippen molar-refractivity contribution >= 4 is 11.6 Å². The summed E-state index contributed by atoms with van der Waals surface area (Å²) >= 11 is 0. The largest absolute Gasteiger partial charge is 0.387 e. The van der Waals surface area contributed by atoms with Crippen molar-refractivity contribution in [2.75, 3.05) is 25.5 Å². The molecule has 0 bridgehead atoms. The summed E-state index contributed by atoms with van der Waals surface area (Å²) in [6, 6.07) is 1.92. The van der Waals surface area contributed by atoms with Gasteiger partial charge in [-0.3, -0.25) is 9.78 Å². The number of hydrogen-bond acceptors (Lipinski definition) is 4. The van der Waals surface area contributed by atoms with Gasteiger partial charge in [0.1, 0.15) is 0 Å². The Morgan fingerprint density at radius 3 is 3.12 bits per heavy atom. The lowest BCUT2D eigenvalue weighted by Crippen LogP contribution is -2.45. The van der Waals surface area contributed by atoms with Gasteiger partial charge < -0.3 is 16.0 Å². The van der Waals surface area contributed by atoms with Gasteiger partial charge >= 0.3 is 0 Å². The van der Waals surface area contributed by atoms with Crippen molar-refractivity contribution < 1.29 is 4.79 Å². The Morgan fingerprint density at radius 1 is 1.59 bits per heavy atom. The second-order valence-electron chi connectivity index (χ2n) is 4.37. The van der Waals surface area contributed by atoms with Gasteiger partial charge in [-0.15, -0.1) is 0 Å². The first-order chi connectivity index (χ1) is 8.20. The van der Waals surface area contributed by atoms with E-state index in [-0.39, 0.29) is 11.9 Å². The molecule has 1 atom stereocenters. The number of amides is 1. The summed E-state index contributed by atoms with van der Waals surface area (Å²) in [4.78, 5) is 18.1. The van der Waals surface area contributed by atoms with Crippen LogP contribution in [0.2, 0.25) is 0 Å². The quantitative estimate of drug-likeness (QED) is 0.789. The minimum absolute atomic E-state index is 0.0183. The van der Waals surface area contributed by atoms with Crippen molar-refractivity contribution in [1.82, 2.24) is 9.88 Å². The third-order valence-corrected chi connectivity index (χ3v) is 3.02. The molecule has 1 aliphatic rings. The van der Waals surface area contributed by atoms with E-state index in [1.54, 1.807) is 12.4 Å². The highest BCUT2D eigenvalue weighted by atomic mass is 16.2. The highest BCUT2D eigenvalue weighted by Crippen LogP contribution is 2.14. The van der Waals surface area contributed by atoms with E-state index >= 15 is 0 Å². The topological polar surface area (TPSA) is 71.2 Å². The number of aromatic nitrogens is 1. The van der Waals surface area contributed by atoms with Gasteiger partial charge in [-0.05, 0) is 18.9 Å². The van der Waals surface area contributed by atoms with Gasteiger partial charge in [-0.2, -0.15) is 0 Å². The van der Waals surface area contributed by atoms with E-state index < -0.39 is 0 Å². The number of rotatable bonds is 2. The van der Waals surface area contributed by atoms with E-state index in [0.29, 0.717) is 12.1 Å². The van der Waals surface area contributed by atoms with E-state index in [1.165, 1.54) is 0 Å². The van der Waals surface area contributed by atoms with Crippen LogP contribution in [0.15, 0.2) is 18.5 Å². The highest BCUT2D eigenvalue weighted by Gasteiger charge is 2.22. The fourth-order valence-corrected chi connectivity index (χ4v) is 2.07. The molecule has 0 aromatic carbocycles. The zero-order chi connectivity index (χ0) is 12.3. The molecular formula is C12H18N4O. The van der Waals surface area contributed by atoms with E-state index in [9.17, 15) is 4.79 Å². The summed E-state index contributed by atoms with van der Waals surface area (Å²) in [5.74, 6) is 0.0183. The smallest absolute Gasteiger partial charge is 0.255 e. The molecule has 0 spiro atoms. The van der Waals surface area contributed by atoms with Crippen molar-refractivity contribution in [3.63, 3.8) is 0 Å². The van der Waals surface area contributed by atoms with E-state index in [4.69, 9.17) is 5.73 Å². The van der Waals surface area contributed by atoms with Crippen molar-refractivity contribution in [3.05, 3.63) is 24.0 Å². The van der Waals surface area contributed by atoms with Crippen LogP contribution < -0.4 is 11.1 Å². The van der Waals surface area contributed by atoms with Gasteiger partial charge in [0.05, 0.1) is 11.3 Å². The van der Waals surface area contributed by atoms with Gasteiger partial charge in [0.15, 0.2) is 0 Å². The van der Waals surface area contributed by atoms with Crippen molar-refractivity contribution in [2.45, 2.75) is 18.9 Å². The Kier molecular flexibility index (Phi) is 3.58. The highest BCUT2D eigenvalue weighted by molar-refractivity contribution is 5.94. The predicted molar refractivity (Wildman–Crippen MR) is 66.9 cm³/mol. The van der Waals surface area contributed by atoms with Gasteiger partial charge in [0.25, 0.3) is 5.91 Å². The summed E-state index contributed by atoms with van der Waals surface area (Å²) < 4.78 is 0. The molecule has 92 valence electrons. The van der Waals surface area contributed by atoms with Crippen LogP contribution >= 0.6 is 0 Å². The van der Waals surface area contributed by atoms with Crippen LogP contribution in [0, 0.1) is 0 Å². The van der Waals surface area contributed by atoms with Crippen LogP contribution in [0.1, 0.15) is 23.2 Å². The van der Waals surface area contributed by atoms with Gasteiger partial charge in [0.2, 0.25) is 0 Å². The van der Waals surface area contributed by atoms with Crippen LogP contribution in [0.3, 0.4) is 0 Å². The van der Waals surface area contributed by atoms with E-state index in [1.807, 2.05) is 18.0 Å². The van der Waals surface area contributed by atoms with Crippen LogP contribution in [0.25, 0.3) is 0 Å². The maximum absolute atomic E-state index is 12.2. The van der Waals surface area contributed by atoms with Crippen LogP contribution in [-0.4, -0.2) is 42.0 Å². The fourth-order valence-electron chi connectivity index (χ4n) is 2.07. The Morgan fingerprint density at radius 2 is 2.41 bits per heavy atom. The Balaban J connectivity index is 2.12. The molecule has 17 heavy (non-hydrogen) atoms. The summed E-state index contributed by atoms with van der Waals surface area (Å²) in [5, 5.41) is 2.98. The Bertz CT molecular complexity index is 407. The number of piperidine rings is 1. The second-order valence-corrected chi connectivity index (χ2v) is 4.37. The minimum Gasteiger partial charge on any atom is -0.387 e. The molecule has 2 heterocycles. The Labute approximate surface area is 101 Å². The molecule has 0 saturated carbocycles. The number of anilines is 1. The minimum atomic E-state index is 0.0183. The third-order valence-electron chi connectivity index (χ3n) is 3.02. The summed E-state index contributed by atoms with van der Waals surface area (Å²) in [5.41, 5.74) is 7.34. The number of nitrogens with zero attached hydrogens (tertiary/aromatic N) is 2. The number of likely N-dealkylation sites (tertiary alicyclic amines) is 1. The molecule has 0 aliphatic carbocycles. The molecule has 5 nitrogen and oxygen atoms in total. The monoisotopic (exact) mass is 234 g/mol. The maximum Gasteiger partial charge on any atom is 0.255 e. The zero-order valence-corrected chi connectivity index (χ0v) is 10.0. The van der Waals surface area contributed by atoms with Gasteiger partial charge in [0, 0.05) is 38.6 Å². The van der Waals surface area contributed by atoms with Crippen LogP contribution in [0.5, 0.6) is 0 Å². The number of nitrogens with one attached hydrogen (secondary N) is 1. The average molecular weight is 234 g/mol. The lowest BCUT2D eigenvalue weighted by Gasteiger charge is -2.30. The molecular weight excluding hydrogens is 216 g/mol. The predicted octanol–water partition coefficient (Wildman–Crippen LogP) is 0.687. The summed E-state index contributed by atoms with van der Waals surface area (Å²) in [6.45, 7) is 1.43. The first kappa shape index (κ1) is 11.9. The number of pyridine rings is 1. The number of nitrogens with two attached hydrogens (primary N) is 1. The molecule has 1 aromatic heterocycles. The molecule has 1 aromatic rings. The first-order valence-electron chi connectivity index (χ1n) is 5.88. The lowest BCUT2D eigenvalue weighted by molar-refractivity contribution is 0.0708. The van der Waals surface area contributed by atoms with E-state index in [2.05, 4.69) is 10.3 Å². The molecule has 1 saturated heterocycles. The average Bonchev–Trinajstić information content (AvgIpc) is 2.38. The summed E-state index contributed by atoms with van der Waals surface area (Å²) in [7, 11) is 1.81. The van der Waals surface area contributed by atoms with Gasteiger partial charge in [-0.25, -0.2) is 0 Å². The summed E-state index contributed by atoms with van der Waals surface area (Å²) in [6.07, 6.45) is 5.27. The Hall–Kier alpha value is -1.62. The normalized spacial score (nSPS) is 20.1. The SMILES string of the molecule is CNc1cncc(C(=O)N2CCC[C@@H](N)C2)c1. The van der Waals surface area contributed by atoms with Crippen LogP contribution in [0.4, 0.5) is 5.69 Å². The molecule has 3 N–H and O–H groups in total. The standard InChI is InChI=1S/C12H18N4O/c1-14-11-5-9(6-15-7-11)12(17)16-4-2-3-10(13)8-16/h5-7,10,14H,2-4,8,13H2,1H3/t10-/m1/s1. The van der Waals surface area contributed by atoms with Crippen molar-refractivity contribution in [1.29, 1.82) is 0 Å². The zero-order valence-electron chi connectivity index (χ0n) is 10.0. The van der Waals surface area contributed by atoms with Crippen molar-refractivity contribution in [3.8, 4) is 0 Å². The lowest BCUT2D eigenvalue weighted by atomic mass is 10.1. The first-order valence-corrected chi connectivity index (χ1v) is 5.88. The molecule has 1 amide bonds. The molecule has 0 radical (unpaired) electrons. The molecule has 2 rings (SSSR count). The second kappa shape index (κ2) is 5.14. The molecule has 1 fully saturated rings. The number of carbonyl (C=O) groups excluding carboxylic acids is 1. The maximum atomic E-state index is 12.2. The number of carbonyl (C=O) groups is 1. The molecule has 1 aliphatic heterocycles. The molecule has 5 heteroatoms.